The van der Waals surface area contributed by atoms with E-state index in [9.17, 15) is 9.59 Å². The van der Waals surface area contributed by atoms with Gasteiger partial charge in [0.05, 0.1) is 33.3 Å². The second-order valence-corrected chi connectivity index (χ2v) is 8.82. The van der Waals surface area contributed by atoms with Crippen LogP contribution in [-0.4, -0.2) is 33.1 Å². The molecule has 0 saturated carbocycles. The van der Waals surface area contributed by atoms with Gasteiger partial charge in [-0.2, -0.15) is 0 Å². The fraction of sp³-hybridized carbons (Fsp3) is 0.185. The molecule has 0 bridgehead atoms. The number of Topliss-reactive ketones (excluding diaryl/α,β-unsaturated/α-hetero) is 1. The summed E-state index contributed by atoms with van der Waals surface area (Å²) in [5.74, 6) is 1.28. The summed E-state index contributed by atoms with van der Waals surface area (Å²) in [4.78, 5) is 25.7. The van der Waals surface area contributed by atoms with E-state index in [-0.39, 0.29) is 29.9 Å². The molecule has 7 nitrogen and oxygen atoms in total. The normalized spacial score (nSPS) is 17.4. The molecule has 0 radical (unpaired) electrons. The van der Waals surface area contributed by atoms with Crippen LogP contribution < -0.4 is 23.7 Å². The monoisotopic (exact) mass is 536 g/mol. The van der Waals surface area contributed by atoms with Gasteiger partial charge in [-0.15, -0.1) is 0 Å². The number of allylic oxidation sites excluding steroid dienone is 1. The quantitative estimate of drug-likeness (QED) is 0.241. The first-order valence-electron chi connectivity index (χ1n) is 10.8. The van der Waals surface area contributed by atoms with Crippen molar-refractivity contribution in [1.29, 1.82) is 0 Å². The molecule has 0 spiro atoms. The molecule has 2 aliphatic rings. The molecule has 1 atom stereocenters. The van der Waals surface area contributed by atoms with Crippen molar-refractivity contribution in [2.75, 3.05) is 21.3 Å². The molecule has 0 fully saturated rings. The minimum atomic E-state index is -0.339. The van der Waals surface area contributed by atoms with Gasteiger partial charge in [-0.1, -0.05) is 34.1 Å². The van der Waals surface area contributed by atoms with Crippen LogP contribution in [0.3, 0.4) is 0 Å². The van der Waals surface area contributed by atoms with Crippen LogP contribution in [0.15, 0.2) is 58.8 Å². The van der Waals surface area contributed by atoms with E-state index in [2.05, 4.69) is 15.9 Å². The summed E-state index contributed by atoms with van der Waals surface area (Å²) in [6, 6.07) is 14.4. The number of fused-ring (bicyclic) bond motifs is 3. The van der Waals surface area contributed by atoms with Gasteiger partial charge in [-0.25, -0.2) is 0 Å². The Kier molecular flexibility index (Phi) is 5.98. The zero-order valence-electron chi connectivity index (χ0n) is 19.2. The largest absolute Gasteiger partial charge is 0.493 e. The van der Waals surface area contributed by atoms with E-state index in [0.717, 1.165) is 10.0 Å². The fourth-order valence-electron chi connectivity index (χ4n) is 4.51. The average Bonchev–Trinajstić information content (AvgIpc) is 3.18. The van der Waals surface area contributed by atoms with Crippen LogP contribution in [0, 0.1) is 0 Å². The van der Waals surface area contributed by atoms with Crippen molar-refractivity contribution in [3.8, 4) is 28.7 Å². The predicted octanol–water partition coefficient (Wildman–Crippen LogP) is 5.53. The van der Waals surface area contributed by atoms with Gasteiger partial charge in [-0.05, 0) is 42.0 Å². The first-order valence-corrected chi connectivity index (χ1v) is 11.6. The average molecular weight is 537 g/mol. The van der Waals surface area contributed by atoms with Gasteiger partial charge < -0.3 is 23.7 Å². The maximum atomic E-state index is 13.3. The lowest BCUT2D eigenvalue weighted by Crippen LogP contribution is -2.21. The SMILES string of the molecule is COc1ccc(/C=C2\Oc3c(ccc4c3C(c3ccccc3Br)CC(=O)O4)C2=O)c(OC)c1OC. The highest BCUT2D eigenvalue weighted by molar-refractivity contribution is 9.10. The van der Waals surface area contributed by atoms with Gasteiger partial charge in [0.15, 0.2) is 17.3 Å². The molecular weight excluding hydrogens is 516 g/mol. The number of ketones is 1. The van der Waals surface area contributed by atoms with Crippen LogP contribution in [0.1, 0.15) is 39.4 Å². The lowest BCUT2D eigenvalue weighted by atomic mass is 9.84. The van der Waals surface area contributed by atoms with Crippen molar-refractivity contribution >= 4 is 33.8 Å². The van der Waals surface area contributed by atoms with Crippen LogP contribution >= 0.6 is 15.9 Å². The Hall–Kier alpha value is -3.78. The summed E-state index contributed by atoms with van der Waals surface area (Å²) < 4.78 is 28.9. The third kappa shape index (κ3) is 3.83. The summed E-state index contributed by atoms with van der Waals surface area (Å²) in [6.07, 6.45) is 1.74. The molecule has 0 amide bonds. The first-order chi connectivity index (χ1) is 17.0. The molecule has 35 heavy (non-hydrogen) atoms. The van der Waals surface area contributed by atoms with Gasteiger partial charge in [0.1, 0.15) is 11.5 Å². The molecule has 3 aromatic rings. The van der Waals surface area contributed by atoms with E-state index in [1.807, 2.05) is 24.3 Å². The maximum absolute atomic E-state index is 13.3. The number of methoxy groups -OCH3 is 3. The van der Waals surface area contributed by atoms with Gasteiger partial charge >= 0.3 is 5.97 Å². The summed E-state index contributed by atoms with van der Waals surface area (Å²) in [6.45, 7) is 0. The highest BCUT2D eigenvalue weighted by Gasteiger charge is 2.39. The molecule has 178 valence electrons. The second-order valence-electron chi connectivity index (χ2n) is 7.97. The van der Waals surface area contributed by atoms with Crippen LogP contribution in [0.2, 0.25) is 0 Å². The van der Waals surface area contributed by atoms with Crippen LogP contribution in [0.4, 0.5) is 0 Å². The maximum Gasteiger partial charge on any atom is 0.312 e. The number of halogens is 1. The third-order valence-corrected chi connectivity index (χ3v) is 6.80. The van der Waals surface area contributed by atoms with E-state index < -0.39 is 0 Å². The molecule has 8 heteroatoms. The highest BCUT2D eigenvalue weighted by atomic mass is 79.9. The van der Waals surface area contributed by atoms with Crippen LogP contribution in [0.25, 0.3) is 6.08 Å². The van der Waals surface area contributed by atoms with E-state index >= 15 is 0 Å². The number of hydrogen-bond acceptors (Lipinski definition) is 7. The standard InChI is InChI=1S/C27H21BrO7/c1-31-20-10-8-14(25(32-2)27(20)33-3)12-21-24(30)16-9-11-19-23(26(16)35-21)17(13-22(29)34-19)15-6-4-5-7-18(15)28/h4-12,17H,13H2,1-3H3/b21-12-. The summed E-state index contributed by atoms with van der Waals surface area (Å²) in [5, 5.41) is 0. The van der Waals surface area contributed by atoms with E-state index in [1.165, 1.54) is 21.3 Å². The van der Waals surface area contributed by atoms with Gasteiger partial charge in [0.25, 0.3) is 0 Å². The number of ether oxygens (including phenoxy) is 5. The zero-order chi connectivity index (χ0) is 24.7. The number of esters is 1. The number of carbonyl (C=O) groups excluding carboxylic acids is 2. The minimum Gasteiger partial charge on any atom is -0.493 e. The first kappa shape index (κ1) is 23.0. The van der Waals surface area contributed by atoms with Crippen molar-refractivity contribution in [2.45, 2.75) is 12.3 Å². The minimum absolute atomic E-state index is 0.127. The van der Waals surface area contributed by atoms with Crippen LogP contribution in [0.5, 0.6) is 28.7 Å². The Morgan fingerprint density at radius 1 is 0.914 bits per heavy atom. The molecule has 0 N–H and O–H groups in total. The molecule has 0 aromatic heterocycles. The van der Waals surface area contributed by atoms with E-state index in [4.69, 9.17) is 23.7 Å². The van der Waals surface area contributed by atoms with Crippen molar-refractivity contribution in [3.05, 3.63) is 81.0 Å². The topological polar surface area (TPSA) is 80.3 Å². The number of rotatable bonds is 5. The summed E-state index contributed by atoms with van der Waals surface area (Å²) >= 11 is 3.59. The van der Waals surface area contributed by atoms with Gasteiger partial charge in [0, 0.05) is 21.5 Å². The number of carbonyl (C=O) groups is 2. The van der Waals surface area contributed by atoms with Crippen LogP contribution in [-0.2, 0) is 4.79 Å². The van der Waals surface area contributed by atoms with Crippen molar-refractivity contribution in [2.24, 2.45) is 0 Å². The molecule has 2 heterocycles. The Morgan fingerprint density at radius 2 is 1.69 bits per heavy atom. The molecular formula is C27H21BrO7. The van der Waals surface area contributed by atoms with Crippen molar-refractivity contribution in [3.63, 3.8) is 0 Å². The van der Waals surface area contributed by atoms with Crippen molar-refractivity contribution in [1.82, 2.24) is 0 Å². The lowest BCUT2D eigenvalue weighted by Gasteiger charge is -2.27. The van der Waals surface area contributed by atoms with E-state index in [0.29, 0.717) is 45.4 Å². The zero-order valence-corrected chi connectivity index (χ0v) is 20.8. The van der Waals surface area contributed by atoms with Gasteiger partial charge in [0.2, 0.25) is 11.5 Å². The Bertz CT molecular complexity index is 1390. The summed E-state index contributed by atoms with van der Waals surface area (Å²) in [5.41, 5.74) is 2.58. The molecule has 1 unspecified atom stereocenters. The molecule has 0 aliphatic carbocycles. The Morgan fingerprint density at radius 3 is 2.40 bits per heavy atom. The fourth-order valence-corrected chi connectivity index (χ4v) is 5.07. The molecule has 0 saturated heterocycles. The molecule has 3 aromatic carbocycles. The Balaban J connectivity index is 1.62. The Labute approximate surface area is 210 Å². The molecule has 2 aliphatic heterocycles. The van der Waals surface area contributed by atoms with E-state index in [1.54, 1.807) is 30.3 Å². The van der Waals surface area contributed by atoms with Gasteiger partial charge in [-0.3, -0.25) is 9.59 Å². The number of benzene rings is 3. The summed E-state index contributed by atoms with van der Waals surface area (Å²) in [7, 11) is 4.56. The predicted molar refractivity (Wildman–Crippen MR) is 132 cm³/mol. The van der Waals surface area contributed by atoms with Crippen molar-refractivity contribution < 1.29 is 33.3 Å². The second kappa shape index (κ2) is 9.11. The third-order valence-electron chi connectivity index (χ3n) is 6.08. The highest BCUT2D eigenvalue weighted by Crippen LogP contribution is 2.50. The number of hydrogen-bond donors (Lipinski definition) is 0. The smallest absolute Gasteiger partial charge is 0.312 e. The lowest BCUT2D eigenvalue weighted by molar-refractivity contribution is -0.135. The molecule has 5 rings (SSSR count).